The molecule has 0 spiro atoms. The van der Waals surface area contributed by atoms with Crippen molar-refractivity contribution in [1.82, 2.24) is 9.88 Å². The lowest BCUT2D eigenvalue weighted by atomic mass is 9.92. The van der Waals surface area contributed by atoms with Crippen LogP contribution >= 0.6 is 0 Å². The summed E-state index contributed by atoms with van der Waals surface area (Å²) in [6, 6.07) is 11.6. The second kappa shape index (κ2) is 7.86. The van der Waals surface area contributed by atoms with Gasteiger partial charge in [0.15, 0.2) is 0 Å². The Hall–Kier alpha value is -3.09. The molecule has 0 radical (unpaired) electrons. The first kappa shape index (κ1) is 17.7. The molecular weight excluding hydrogens is 326 g/mol. The Morgan fingerprint density at radius 1 is 1.04 bits per heavy atom. The van der Waals surface area contributed by atoms with Gasteiger partial charge in [-0.3, -0.25) is 9.69 Å². The third-order valence-electron chi connectivity index (χ3n) is 4.85. The van der Waals surface area contributed by atoms with Crippen molar-refractivity contribution < 1.29 is 0 Å². The number of benzene rings is 1. The fraction of sp³-hybridized carbons (Fsp3) is 0.350. The van der Waals surface area contributed by atoms with Gasteiger partial charge in [0, 0.05) is 12.1 Å². The lowest BCUT2D eigenvalue weighted by molar-refractivity contribution is 0.277. The summed E-state index contributed by atoms with van der Waals surface area (Å²) >= 11 is 0. The average Bonchev–Trinajstić information content (AvgIpc) is 2.90. The highest BCUT2D eigenvalue weighted by atomic mass is 16.1. The maximum atomic E-state index is 12.2. The lowest BCUT2D eigenvalue weighted by Crippen LogP contribution is -2.24. The maximum absolute atomic E-state index is 12.2. The van der Waals surface area contributed by atoms with Crippen LogP contribution in [0.4, 0.5) is 5.82 Å². The number of nitrogen functional groups attached to an aromatic ring is 1. The van der Waals surface area contributed by atoms with Crippen LogP contribution in [0.15, 0.2) is 29.1 Å². The van der Waals surface area contributed by atoms with E-state index in [2.05, 4.69) is 9.88 Å². The third-order valence-corrected chi connectivity index (χ3v) is 4.85. The summed E-state index contributed by atoms with van der Waals surface area (Å²) < 4.78 is 0. The zero-order valence-corrected chi connectivity index (χ0v) is 14.6. The van der Waals surface area contributed by atoms with E-state index >= 15 is 0 Å². The van der Waals surface area contributed by atoms with Crippen molar-refractivity contribution in [3.05, 3.63) is 51.3 Å². The number of aromatic amines is 1. The molecule has 0 aliphatic carbocycles. The Kier molecular flexibility index (Phi) is 5.36. The normalized spacial score (nSPS) is 15.0. The Bertz CT molecular complexity index is 940. The third kappa shape index (κ3) is 3.46. The van der Waals surface area contributed by atoms with E-state index in [0.717, 1.165) is 30.8 Å². The van der Waals surface area contributed by atoms with Crippen molar-refractivity contribution in [2.24, 2.45) is 0 Å². The van der Waals surface area contributed by atoms with Gasteiger partial charge >= 0.3 is 0 Å². The summed E-state index contributed by atoms with van der Waals surface area (Å²) in [4.78, 5) is 17.0. The number of hydrogen-bond acceptors (Lipinski definition) is 5. The second-order valence-corrected chi connectivity index (χ2v) is 6.56. The first-order valence-electron chi connectivity index (χ1n) is 8.82. The summed E-state index contributed by atoms with van der Waals surface area (Å²) in [5.74, 6) is -0.00363. The Balaban J connectivity index is 2.13. The molecule has 6 heteroatoms. The van der Waals surface area contributed by atoms with Gasteiger partial charge in [0.05, 0.1) is 0 Å². The SMILES string of the molecule is N#Cc1c(N)[nH]c(=O)c(C#N)c1-c1ccccc1CN1CCCCCC1. The number of pyridine rings is 1. The molecule has 132 valence electrons. The molecule has 2 heterocycles. The fourth-order valence-corrected chi connectivity index (χ4v) is 3.55. The minimum absolute atomic E-state index is 0.00363. The number of H-pyrrole nitrogens is 1. The Morgan fingerprint density at radius 2 is 1.69 bits per heavy atom. The molecule has 6 nitrogen and oxygen atoms in total. The van der Waals surface area contributed by atoms with Crippen LogP contribution in [0, 0.1) is 22.7 Å². The molecule has 1 saturated heterocycles. The highest BCUT2D eigenvalue weighted by Gasteiger charge is 2.21. The smallest absolute Gasteiger partial charge is 0.268 e. The number of likely N-dealkylation sites (tertiary alicyclic amines) is 1. The van der Waals surface area contributed by atoms with Gasteiger partial charge in [0.1, 0.15) is 29.1 Å². The van der Waals surface area contributed by atoms with Gasteiger partial charge in [0.2, 0.25) is 0 Å². The molecule has 0 bridgehead atoms. The van der Waals surface area contributed by atoms with Crippen LogP contribution in [-0.2, 0) is 6.54 Å². The molecule has 0 atom stereocenters. The first-order chi connectivity index (χ1) is 12.7. The minimum atomic E-state index is -0.566. The van der Waals surface area contributed by atoms with Crippen molar-refractivity contribution in [2.45, 2.75) is 32.2 Å². The fourth-order valence-electron chi connectivity index (χ4n) is 3.55. The molecule has 26 heavy (non-hydrogen) atoms. The summed E-state index contributed by atoms with van der Waals surface area (Å²) in [5, 5.41) is 19.0. The molecule has 1 aliphatic rings. The lowest BCUT2D eigenvalue weighted by Gasteiger charge is -2.22. The summed E-state index contributed by atoms with van der Waals surface area (Å²) in [6.45, 7) is 2.78. The molecule has 0 amide bonds. The highest BCUT2D eigenvalue weighted by Crippen LogP contribution is 2.31. The number of nitrogens with zero attached hydrogens (tertiary/aromatic N) is 3. The van der Waals surface area contributed by atoms with Crippen LogP contribution in [0.1, 0.15) is 42.4 Å². The number of nitrogens with one attached hydrogen (secondary N) is 1. The molecule has 0 saturated carbocycles. The number of aromatic nitrogens is 1. The molecule has 1 aromatic carbocycles. The van der Waals surface area contributed by atoms with E-state index < -0.39 is 5.56 Å². The van der Waals surface area contributed by atoms with Crippen molar-refractivity contribution in [1.29, 1.82) is 10.5 Å². The topological polar surface area (TPSA) is 110 Å². The summed E-state index contributed by atoms with van der Waals surface area (Å²) in [6.07, 6.45) is 4.85. The van der Waals surface area contributed by atoms with Crippen LogP contribution < -0.4 is 11.3 Å². The zero-order valence-electron chi connectivity index (χ0n) is 14.6. The van der Waals surface area contributed by atoms with Crippen LogP contribution in [0.2, 0.25) is 0 Å². The first-order valence-corrected chi connectivity index (χ1v) is 8.82. The van der Waals surface area contributed by atoms with E-state index in [9.17, 15) is 15.3 Å². The van der Waals surface area contributed by atoms with E-state index in [1.165, 1.54) is 25.7 Å². The van der Waals surface area contributed by atoms with Crippen molar-refractivity contribution in [3.8, 4) is 23.3 Å². The molecule has 0 unspecified atom stereocenters. The van der Waals surface area contributed by atoms with Crippen molar-refractivity contribution in [3.63, 3.8) is 0 Å². The molecule has 1 aliphatic heterocycles. The van der Waals surface area contributed by atoms with Crippen LogP contribution in [0.25, 0.3) is 11.1 Å². The van der Waals surface area contributed by atoms with Gasteiger partial charge in [0.25, 0.3) is 5.56 Å². The van der Waals surface area contributed by atoms with Gasteiger partial charge in [-0.1, -0.05) is 37.1 Å². The van der Waals surface area contributed by atoms with Gasteiger partial charge in [-0.05, 0) is 37.1 Å². The molecule has 3 N–H and O–H groups in total. The second-order valence-electron chi connectivity index (χ2n) is 6.56. The van der Waals surface area contributed by atoms with Crippen molar-refractivity contribution >= 4 is 5.82 Å². The van der Waals surface area contributed by atoms with E-state index in [-0.39, 0.29) is 16.9 Å². The molecule has 1 aromatic heterocycles. The van der Waals surface area contributed by atoms with Gasteiger partial charge in [-0.2, -0.15) is 10.5 Å². The quantitative estimate of drug-likeness (QED) is 0.887. The molecular formula is C20H21N5O. The molecule has 1 fully saturated rings. The zero-order chi connectivity index (χ0) is 18.5. The van der Waals surface area contributed by atoms with Crippen LogP contribution in [0.5, 0.6) is 0 Å². The Labute approximate surface area is 152 Å². The predicted octanol–water partition coefficient (Wildman–Crippen LogP) is 2.74. The van der Waals surface area contributed by atoms with E-state index in [4.69, 9.17) is 5.73 Å². The summed E-state index contributed by atoms with van der Waals surface area (Å²) in [5.41, 5.74) is 7.41. The number of anilines is 1. The highest BCUT2D eigenvalue weighted by molar-refractivity contribution is 5.81. The Morgan fingerprint density at radius 3 is 2.35 bits per heavy atom. The van der Waals surface area contributed by atoms with Crippen molar-refractivity contribution in [2.75, 3.05) is 18.8 Å². The van der Waals surface area contributed by atoms with E-state index in [1.807, 2.05) is 36.4 Å². The molecule has 3 rings (SSSR count). The van der Waals surface area contributed by atoms with Gasteiger partial charge in [-0.15, -0.1) is 0 Å². The monoisotopic (exact) mass is 347 g/mol. The minimum Gasteiger partial charge on any atom is -0.384 e. The number of nitriles is 2. The van der Waals surface area contributed by atoms with E-state index in [0.29, 0.717) is 5.56 Å². The number of hydrogen-bond donors (Lipinski definition) is 2. The molecule has 2 aromatic rings. The largest absolute Gasteiger partial charge is 0.384 e. The van der Waals surface area contributed by atoms with Crippen LogP contribution in [-0.4, -0.2) is 23.0 Å². The summed E-state index contributed by atoms with van der Waals surface area (Å²) in [7, 11) is 0. The number of nitrogens with two attached hydrogens (primary N) is 1. The van der Waals surface area contributed by atoms with Gasteiger partial charge < -0.3 is 10.7 Å². The predicted molar refractivity (Wildman–Crippen MR) is 100 cm³/mol. The average molecular weight is 347 g/mol. The van der Waals surface area contributed by atoms with Gasteiger partial charge in [-0.25, -0.2) is 0 Å². The maximum Gasteiger partial charge on any atom is 0.268 e. The van der Waals surface area contributed by atoms with Crippen LogP contribution in [0.3, 0.4) is 0 Å². The number of rotatable bonds is 3. The van der Waals surface area contributed by atoms with E-state index in [1.54, 1.807) is 0 Å². The standard InChI is InChI=1S/C20H21N5O/c21-11-16-18(17(12-22)20(26)24-19(16)23)15-8-4-3-7-14(15)13-25-9-5-1-2-6-10-25/h3-4,7-8H,1-2,5-6,9-10,13H2,(H3,23,24,26).